The number of fused-ring (bicyclic) bond motifs is 1. The highest BCUT2D eigenvalue weighted by atomic mass is 35.5. The molecule has 0 radical (unpaired) electrons. The average Bonchev–Trinajstić information content (AvgIpc) is 2.90. The Balaban J connectivity index is 1.63. The highest BCUT2D eigenvalue weighted by molar-refractivity contribution is 7.10. The van der Waals surface area contributed by atoms with Crippen molar-refractivity contribution in [1.82, 2.24) is 4.90 Å². The van der Waals surface area contributed by atoms with Crippen LogP contribution in [0.3, 0.4) is 0 Å². The van der Waals surface area contributed by atoms with Crippen molar-refractivity contribution in [2.45, 2.75) is 18.2 Å². The fourth-order valence-electron chi connectivity index (χ4n) is 2.26. The number of halogens is 1. The van der Waals surface area contributed by atoms with E-state index in [0.717, 1.165) is 22.8 Å². The molecule has 1 atom stereocenters. The molecule has 0 N–H and O–H groups in total. The minimum Gasteiger partial charge on any atom is -0.485 e. The number of alkyl halides is 1. The van der Waals surface area contributed by atoms with Gasteiger partial charge >= 0.3 is 0 Å². The first-order chi connectivity index (χ1) is 8.74. The van der Waals surface area contributed by atoms with E-state index in [2.05, 4.69) is 0 Å². The van der Waals surface area contributed by atoms with Gasteiger partial charge in [-0.15, -0.1) is 22.9 Å². The third-order valence-electron chi connectivity index (χ3n) is 3.15. The summed E-state index contributed by atoms with van der Waals surface area (Å²) in [6.07, 6.45) is 1.27. The van der Waals surface area contributed by atoms with Crippen molar-refractivity contribution in [1.29, 1.82) is 0 Å². The van der Waals surface area contributed by atoms with E-state index >= 15 is 0 Å². The molecule has 2 aliphatic rings. The van der Waals surface area contributed by atoms with E-state index in [9.17, 15) is 4.79 Å². The van der Waals surface area contributed by atoms with E-state index in [4.69, 9.17) is 21.1 Å². The Kier molecular flexibility index (Phi) is 3.35. The number of hydrogen-bond acceptors (Lipinski definition) is 4. The number of carbonyl (C=O) groups excluding carboxylic acids is 1. The van der Waals surface area contributed by atoms with Gasteiger partial charge in [0.25, 0.3) is 0 Å². The highest BCUT2D eigenvalue weighted by Gasteiger charge is 2.28. The molecule has 18 heavy (non-hydrogen) atoms. The molecule has 0 aromatic carbocycles. The lowest BCUT2D eigenvalue weighted by atomic mass is 10.3. The molecule has 1 fully saturated rings. The van der Waals surface area contributed by atoms with Gasteiger partial charge in [-0.3, -0.25) is 4.79 Å². The monoisotopic (exact) mass is 287 g/mol. The molecule has 98 valence electrons. The van der Waals surface area contributed by atoms with Crippen LogP contribution in [0.25, 0.3) is 0 Å². The predicted molar refractivity (Wildman–Crippen MR) is 69.9 cm³/mol. The standard InChI is InChI=1S/C12H14ClNO3S/c13-8-5-11(15)14(6-8)2-1-10-12-9(7-18-10)16-3-4-17-12/h7-8H,1-6H2. The van der Waals surface area contributed by atoms with Crippen molar-refractivity contribution in [3.63, 3.8) is 0 Å². The lowest BCUT2D eigenvalue weighted by Gasteiger charge is -2.18. The first-order valence-corrected chi connectivity index (χ1v) is 7.33. The Morgan fingerprint density at radius 2 is 2.28 bits per heavy atom. The maximum absolute atomic E-state index is 11.6. The van der Waals surface area contributed by atoms with Gasteiger partial charge in [0.2, 0.25) is 5.91 Å². The summed E-state index contributed by atoms with van der Waals surface area (Å²) in [4.78, 5) is 14.6. The molecule has 3 rings (SSSR count). The van der Waals surface area contributed by atoms with Crippen LogP contribution in [0.2, 0.25) is 0 Å². The van der Waals surface area contributed by atoms with Crippen molar-refractivity contribution < 1.29 is 14.3 Å². The molecule has 1 saturated heterocycles. The minimum atomic E-state index is -0.0330. The molecular weight excluding hydrogens is 274 g/mol. The van der Waals surface area contributed by atoms with Crippen LogP contribution < -0.4 is 9.47 Å². The lowest BCUT2D eigenvalue weighted by Crippen LogP contribution is -2.27. The van der Waals surface area contributed by atoms with Crippen molar-refractivity contribution in [2.24, 2.45) is 0 Å². The van der Waals surface area contributed by atoms with Crippen LogP contribution in [0.15, 0.2) is 5.38 Å². The Morgan fingerprint density at radius 3 is 3.06 bits per heavy atom. The van der Waals surface area contributed by atoms with Gasteiger partial charge in [-0.2, -0.15) is 0 Å². The summed E-state index contributed by atoms with van der Waals surface area (Å²) in [5.74, 6) is 1.85. The zero-order valence-corrected chi connectivity index (χ0v) is 11.4. The molecule has 1 amide bonds. The second-order valence-corrected chi connectivity index (χ2v) is 6.02. The zero-order valence-electron chi connectivity index (χ0n) is 9.86. The third kappa shape index (κ3) is 2.29. The van der Waals surface area contributed by atoms with Gasteiger partial charge < -0.3 is 14.4 Å². The SMILES string of the molecule is O=C1CC(Cl)CN1CCc1scc2c1OCCO2. The summed E-state index contributed by atoms with van der Waals surface area (Å²) < 4.78 is 11.1. The number of thiophene rings is 1. The first kappa shape index (κ1) is 12.1. The maximum Gasteiger partial charge on any atom is 0.224 e. The molecule has 0 saturated carbocycles. The number of hydrogen-bond donors (Lipinski definition) is 0. The van der Waals surface area contributed by atoms with E-state index in [1.165, 1.54) is 0 Å². The fourth-order valence-corrected chi connectivity index (χ4v) is 3.46. The normalized spacial score (nSPS) is 22.6. The summed E-state index contributed by atoms with van der Waals surface area (Å²) in [5, 5.41) is 1.94. The Hall–Kier alpha value is -0.940. The number of amides is 1. The summed E-state index contributed by atoms with van der Waals surface area (Å²) in [6, 6.07) is 0. The molecule has 3 heterocycles. The smallest absolute Gasteiger partial charge is 0.224 e. The van der Waals surface area contributed by atoms with Gasteiger partial charge in [0.15, 0.2) is 11.5 Å². The largest absolute Gasteiger partial charge is 0.485 e. The van der Waals surface area contributed by atoms with Crippen LogP contribution in [0.4, 0.5) is 0 Å². The van der Waals surface area contributed by atoms with Gasteiger partial charge in [-0.25, -0.2) is 0 Å². The lowest BCUT2D eigenvalue weighted by molar-refractivity contribution is -0.127. The fraction of sp³-hybridized carbons (Fsp3) is 0.583. The molecule has 1 aromatic heterocycles. The highest BCUT2D eigenvalue weighted by Crippen LogP contribution is 2.39. The Labute approximate surface area is 114 Å². The molecular formula is C12H14ClNO3S. The van der Waals surface area contributed by atoms with E-state index in [0.29, 0.717) is 32.7 Å². The number of carbonyl (C=O) groups is 1. The van der Waals surface area contributed by atoms with Gasteiger partial charge in [0, 0.05) is 31.3 Å². The molecule has 2 aliphatic heterocycles. The van der Waals surface area contributed by atoms with Crippen molar-refractivity contribution in [2.75, 3.05) is 26.3 Å². The third-order valence-corrected chi connectivity index (χ3v) is 4.45. The summed E-state index contributed by atoms with van der Waals surface area (Å²) in [5.41, 5.74) is 0. The number of nitrogens with zero attached hydrogens (tertiary/aromatic N) is 1. The van der Waals surface area contributed by atoms with Crippen molar-refractivity contribution >= 4 is 28.8 Å². The van der Waals surface area contributed by atoms with Gasteiger partial charge in [-0.1, -0.05) is 0 Å². The predicted octanol–water partition coefficient (Wildman–Crippen LogP) is 1.90. The van der Waals surface area contributed by atoms with Crippen LogP contribution in [0.5, 0.6) is 11.5 Å². The molecule has 0 aliphatic carbocycles. The zero-order chi connectivity index (χ0) is 12.5. The Bertz CT molecular complexity index is 462. The number of likely N-dealkylation sites (tertiary alicyclic amines) is 1. The maximum atomic E-state index is 11.6. The molecule has 4 nitrogen and oxygen atoms in total. The number of ether oxygens (including phenoxy) is 2. The van der Waals surface area contributed by atoms with E-state index in [1.807, 2.05) is 10.3 Å². The number of rotatable bonds is 3. The van der Waals surface area contributed by atoms with Crippen LogP contribution in [0.1, 0.15) is 11.3 Å². The van der Waals surface area contributed by atoms with Crippen LogP contribution in [0, 0.1) is 0 Å². The topological polar surface area (TPSA) is 38.8 Å². The van der Waals surface area contributed by atoms with E-state index in [-0.39, 0.29) is 11.3 Å². The molecule has 6 heteroatoms. The average molecular weight is 288 g/mol. The van der Waals surface area contributed by atoms with Crippen LogP contribution in [-0.4, -0.2) is 42.5 Å². The van der Waals surface area contributed by atoms with Crippen molar-refractivity contribution in [3.8, 4) is 11.5 Å². The van der Waals surface area contributed by atoms with E-state index in [1.54, 1.807) is 11.3 Å². The van der Waals surface area contributed by atoms with Crippen LogP contribution >= 0.6 is 22.9 Å². The van der Waals surface area contributed by atoms with Gasteiger partial charge in [0.05, 0.1) is 10.3 Å². The molecule has 1 aromatic rings. The summed E-state index contributed by atoms with van der Waals surface area (Å²) in [7, 11) is 0. The summed E-state index contributed by atoms with van der Waals surface area (Å²) in [6.45, 7) is 2.58. The Morgan fingerprint density at radius 1 is 1.44 bits per heavy atom. The van der Waals surface area contributed by atoms with Gasteiger partial charge in [-0.05, 0) is 0 Å². The van der Waals surface area contributed by atoms with Crippen molar-refractivity contribution in [3.05, 3.63) is 10.3 Å². The minimum absolute atomic E-state index is 0.0330. The second-order valence-electron chi connectivity index (χ2n) is 4.44. The molecule has 1 unspecified atom stereocenters. The van der Waals surface area contributed by atoms with Gasteiger partial charge in [0.1, 0.15) is 13.2 Å². The van der Waals surface area contributed by atoms with Crippen LogP contribution in [-0.2, 0) is 11.2 Å². The first-order valence-electron chi connectivity index (χ1n) is 6.02. The second kappa shape index (κ2) is 4.97. The summed E-state index contributed by atoms with van der Waals surface area (Å²) >= 11 is 7.60. The molecule has 0 bridgehead atoms. The van der Waals surface area contributed by atoms with E-state index < -0.39 is 0 Å². The quantitative estimate of drug-likeness (QED) is 0.797. The molecule has 0 spiro atoms.